The van der Waals surface area contributed by atoms with Gasteiger partial charge in [-0.15, -0.1) is 0 Å². The minimum atomic E-state index is 0.561. The number of anilines is 1. The van der Waals surface area contributed by atoms with Crippen molar-refractivity contribution in [3.05, 3.63) is 59.5 Å². The molecule has 1 aliphatic carbocycles. The van der Waals surface area contributed by atoms with E-state index < -0.39 is 0 Å². The Hall–Kier alpha value is -2.73. The molecule has 1 saturated carbocycles. The van der Waals surface area contributed by atoms with Crippen LogP contribution in [0.15, 0.2) is 42.7 Å². The van der Waals surface area contributed by atoms with E-state index >= 15 is 0 Å². The van der Waals surface area contributed by atoms with Crippen LogP contribution in [0.1, 0.15) is 55.8 Å². The zero-order valence-corrected chi connectivity index (χ0v) is 18.1. The van der Waals surface area contributed by atoms with Crippen molar-refractivity contribution in [2.75, 3.05) is 11.9 Å². The summed E-state index contributed by atoms with van der Waals surface area (Å²) in [4.78, 5) is 9.32. The molecule has 6 heteroatoms. The van der Waals surface area contributed by atoms with Crippen LogP contribution in [0.4, 0.5) is 5.13 Å². The van der Waals surface area contributed by atoms with Crippen LogP contribution in [0.25, 0.3) is 15.9 Å². The summed E-state index contributed by atoms with van der Waals surface area (Å²) < 4.78 is 3.34. The van der Waals surface area contributed by atoms with Crippen LogP contribution in [0, 0.1) is 11.3 Å². The lowest BCUT2D eigenvalue weighted by molar-refractivity contribution is 0.373. The molecular weight excluding hydrogens is 390 g/mol. The monoisotopic (exact) mass is 417 g/mol. The Kier molecular flexibility index (Phi) is 5.25. The van der Waals surface area contributed by atoms with Gasteiger partial charge in [-0.1, -0.05) is 36.7 Å². The van der Waals surface area contributed by atoms with Crippen molar-refractivity contribution in [3.63, 3.8) is 0 Å². The average Bonchev–Trinajstić information content (AvgIpc) is 3.36. The Balaban J connectivity index is 1.32. The first-order chi connectivity index (χ1) is 14.7. The van der Waals surface area contributed by atoms with Crippen molar-refractivity contribution in [2.24, 2.45) is 5.92 Å². The SMILES string of the molecule is CC(=N)c1ccn2c(Cc3ccc4nc(NCC5CCCCC5)sc4c3)cnc2c1. The number of hydrogen-bond acceptors (Lipinski definition) is 5. The minimum absolute atomic E-state index is 0.561. The molecule has 0 bridgehead atoms. The highest BCUT2D eigenvalue weighted by atomic mass is 32.1. The number of nitrogens with zero attached hydrogens (tertiary/aromatic N) is 3. The minimum Gasteiger partial charge on any atom is -0.361 e. The number of thiazole rings is 1. The number of aromatic nitrogens is 3. The van der Waals surface area contributed by atoms with E-state index in [4.69, 9.17) is 10.4 Å². The van der Waals surface area contributed by atoms with Gasteiger partial charge in [-0.2, -0.15) is 0 Å². The van der Waals surface area contributed by atoms with Crippen LogP contribution < -0.4 is 5.32 Å². The summed E-state index contributed by atoms with van der Waals surface area (Å²) in [6, 6.07) is 10.5. The van der Waals surface area contributed by atoms with E-state index in [2.05, 4.69) is 32.9 Å². The molecule has 0 amide bonds. The molecule has 4 aromatic rings. The first kappa shape index (κ1) is 19.2. The van der Waals surface area contributed by atoms with E-state index in [9.17, 15) is 0 Å². The van der Waals surface area contributed by atoms with Gasteiger partial charge >= 0.3 is 0 Å². The Morgan fingerprint density at radius 3 is 2.90 bits per heavy atom. The van der Waals surface area contributed by atoms with Crippen molar-refractivity contribution in [1.82, 2.24) is 14.4 Å². The number of rotatable bonds is 6. The molecule has 5 rings (SSSR count). The molecule has 3 heterocycles. The molecule has 2 N–H and O–H groups in total. The Labute approximate surface area is 180 Å². The van der Waals surface area contributed by atoms with Gasteiger partial charge in [0.1, 0.15) is 5.65 Å². The Bertz CT molecular complexity index is 1200. The fourth-order valence-corrected chi connectivity index (χ4v) is 5.32. The normalized spacial score (nSPS) is 15.1. The van der Waals surface area contributed by atoms with Gasteiger partial charge in [0.15, 0.2) is 5.13 Å². The molecule has 0 aliphatic heterocycles. The maximum Gasteiger partial charge on any atom is 0.183 e. The molecule has 0 radical (unpaired) electrons. The lowest BCUT2D eigenvalue weighted by Gasteiger charge is -2.21. The maximum absolute atomic E-state index is 7.82. The smallest absolute Gasteiger partial charge is 0.183 e. The van der Waals surface area contributed by atoms with Crippen LogP contribution in [0.2, 0.25) is 0 Å². The number of fused-ring (bicyclic) bond motifs is 2. The van der Waals surface area contributed by atoms with Crippen molar-refractivity contribution in [2.45, 2.75) is 45.4 Å². The summed E-state index contributed by atoms with van der Waals surface area (Å²) in [6.07, 6.45) is 11.6. The molecule has 0 spiro atoms. The summed E-state index contributed by atoms with van der Waals surface area (Å²) in [5.74, 6) is 0.799. The fraction of sp³-hybridized carbons (Fsp3) is 0.375. The number of imidazole rings is 1. The summed E-state index contributed by atoms with van der Waals surface area (Å²) in [5.41, 5.74) is 5.85. The van der Waals surface area contributed by atoms with Gasteiger partial charge in [-0.25, -0.2) is 9.97 Å². The topological polar surface area (TPSA) is 66.1 Å². The Morgan fingerprint density at radius 2 is 2.07 bits per heavy atom. The van der Waals surface area contributed by atoms with E-state index in [1.807, 2.05) is 24.5 Å². The first-order valence-electron chi connectivity index (χ1n) is 10.8. The third-order valence-corrected chi connectivity index (χ3v) is 7.10. The first-order valence-corrected chi connectivity index (χ1v) is 11.6. The number of hydrogen-bond donors (Lipinski definition) is 2. The Morgan fingerprint density at radius 1 is 1.20 bits per heavy atom. The summed E-state index contributed by atoms with van der Waals surface area (Å²) >= 11 is 1.75. The maximum atomic E-state index is 7.82. The quantitative estimate of drug-likeness (QED) is 0.383. The van der Waals surface area contributed by atoms with E-state index in [1.165, 1.54) is 42.4 Å². The van der Waals surface area contributed by atoms with Crippen molar-refractivity contribution in [1.29, 1.82) is 5.41 Å². The molecule has 1 fully saturated rings. The largest absolute Gasteiger partial charge is 0.361 e. The van der Waals surface area contributed by atoms with Crippen LogP contribution in [0.5, 0.6) is 0 Å². The van der Waals surface area contributed by atoms with Gasteiger partial charge in [0.25, 0.3) is 0 Å². The van der Waals surface area contributed by atoms with Crippen LogP contribution in [-0.2, 0) is 6.42 Å². The van der Waals surface area contributed by atoms with Gasteiger partial charge in [-0.05, 0) is 55.5 Å². The van der Waals surface area contributed by atoms with Gasteiger partial charge in [0.05, 0.1) is 10.2 Å². The molecule has 0 unspecified atom stereocenters. The highest BCUT2D eigenvalue weighted by Crippen LogP contribution is 2.29. The van der Waals surface area contributed by atoms with Crippen LogP contribution >= 0.6 is 11.3 Å². The highest BCUT2D eigenvalue weighted by Gasteiger charge is 2.14. The van der Waals surface area contributed by atoms with E-state index in [-0.39, 0.29) is 0 Å². The molecule has 30 heavy (non-hydrogen) atoms. The van der Waals surface area contributed by atoms with Crippen LogP contribution in [0.3, 0.4) is 0 Å². The number of pyridine rings is 1. The molecule has 1 aromatic carbocycles. The molecule has 154 valence electrons. The van der Waals surface area contributed by atoms with Gasteiger partial charge in [0.2, 0.25) is 0 Å². The second kappa shape index (κ2) is 8.19. The fourth-order valence-electron chi connectivity index (χ4n) is 4.38. The van der Waals surface area contributed by atoms with Crippen molar-refractivity contribution >= 4 is 38.0 Å². The lowest BCUT2D eigenvalue weighted by Crippen LogP contribution is -2.16. The predicted octanol–water partition coefficient (Wildman–Crippen LogP) is 5.91. The molecule has 0 atom stereocenters. The van der Waals surface area contributed by atoms with Gasteiger partial charge in [0, 0.05) is 42.3 Å². The van der Waals surface area contributed by atoms with E-state index in [0.717, 1.165) is 46.4 Å². The highest BCUT2D eigenvalue weighted by molar-refractivity contribution is 7.22. The molecule has 5 nitrogen and oxygen atoms in total. The number of nitrogens with one attached hydrogen (secondary N) is 2. The standard InChI is InChI=1S/C24H27N5S/c1-16(25)19-9-10-29-20(15-26-23(29)13-19)11-18-7-8-21-22(12-18)30-24(28-21)27-14-17-5-3-2-4-6-17/h7-10,12-13,15,17,25H,2-6,11,14H2,1H3,(H,27,28). The summed E-state index contributed by atoms with van der Waals surface area (Å²) in [7, 11) is 0. The summed E-state index contributed by atoms with van der Waals surface area (Å²) in [6.45, 7) is 2.85. The third-order valence-electron chi connectivity index (χ3n) is 6.13. The van der Waals surface area contributed by atoms with E-state index in [1.54, 1.807) is 18.3 Å². The van der Waals surface area contributed by atoms with Crippen molar-refractivity contribution < 1.29 is 0 Å². The molecular formula is C24H27N5S. The predicted molar refractivity (Wildman–Crippen MR) is 125 cm³/mol. The second-order valence-electron chi connectivity index (χ2n) is 8.40. The zero-order valence-electron chi connectivity index (χ0n) is 17.3. The van der Waals surface area contributed by atoms with Gasteiger partial charge < -0.3 is 15.1 Å². The number of benzene rings is 1. The second-order valence-corrected chi connectivity index (χ2v) is 9.43. The van der Waals surface area contributed by atoms with Crippen LogP contribution in [-0.4, -0.2) is 26.6 Å². The zero-order chi connectivity index (χ0) is 20.5. The molecule has 3 aromatic heterocycles. The molecule has 0 saturated heterocycles. The average molecular weight is 418 g/mol. The molecule has 1 aliphatic rings. The van der Waals surface area contributed by atoms with Crippen molar-refractivity contribution in [3.8, 4) is 0 Å². The van der Waals surface area contributed by atoms with Gasteiger partial charge in [-0.3, -0.25) is 0 Å². The third kappa shape index (κ3) is 3.97. The lowest BCUT2D eigenvalue weighted by atomic mass is 9.89. The van der Waals surface area contributed by atoms with E-state index in [0.29, 0.717) is 5.71 Å². The summed E-state index contributed by atoms with van der Waals surface area (Å²) in [5, 5.41) is 12.4.